The second-order valence-electron chi connectivity index (χ2n) is 5.24. The summed E-state index contributed by atoms with van der Waals surface area (Å²) >= 11 is 0. The van der Waals surface area contributed by atoms with Crippen molar-refractivity contribution in [2.24, 2.45) is 0 Å². The summed E-state index contributed by atoms with van der Waals surface area (Å²) in [5.41, 5.74) is 0.602. The van der Waals surface area contributed by atoms with Gasteiger partial charge in [-0.05, 0) is 32.1 Å². The lowest BCUT2D eigenvalue weighted by Gasteiger charge is -2.22. The fourth-order valence-corrected chi connectivity index (χ4v) is 2.63. The molecule has 2 rings (SSSR count). The third-order valence-corrected chi connectivity index (χ3v) is 3.69. The van der Waals surface area contributed by atoms with Crippen molar-refractivity contribution in [3.05, 3.63) is 11.9 Å². The number of rotatable bonds is 7. The smallest absolute Gasteiger partial charge is 0.184 e. The highest BCUT2D eigenvalue weighted by atomic mass is 16.5. The van der Waals surface area contributed by atoms with Crippen molar-refractivity contribution in [2.75, 3.05) is 13.7 Å². The van der Waals surface area contributed by atoms with Gasteiger partial charge in [0.15, 0.2) is 11.5 Å². The van der Waals surface area contributed by atoms with Gasteiger partial charge in [0.25, 0.3) is 0 Å². The monoisotopic (exact) mass is 280 g/mol. The van der Waals surface area contributed by atoms with Crippen LogP contribution >= 0.6 is 0 Å². The van der Waals surface area contributed by atoms with Gasteiger partial charge in [0.1, 0.15) is 5.69 Å². The number of ketones is 1. The molecule has 0 N–H and O–H groups in total. The van der Waals surface area contributed by atoms with Crippen LogP contribution in [0.5, 0.6) is 5.75 Å². The van der Waals surface area contributed by atoms with E-state index in [1.165, 1.54) is 6.42 Å². The van der Waals surface area contributed by atoms with Crippen molar-refractivity contribution in [1.29, 1.82) is 0 Å². The highest BCUT2D eigenvalue weighted by Crippen LogP contribution is 2.23. The van der Waals surface area contributed by atoms with Gasteiger partial charge in [0, 0.05) is 19.6 Å². The first-order chi connectivity index (χ1) is 9.76. The molecule has 1 aliphatic heterocycles. The molecule has 20 heavy (non-hydrogen) atoms. The zero-order chi connectivity index (χ0) is 14.4. The normalized spacial score (nSPS) is 19.0. The van der Waals surface area contributed by atoms with E-state index in [1.807, 2.05) is 0 Å². The van der Waals surface area contributed by atoms with Crippen LogP contribution in [0.1, 0.15) is 55.9 Å². The summed E-state index contributed by atoms with van der Waals surface area (Å²) in [4.78, 5) is 12.4. The van der Waals surface area contributed by atoms with Gasteiger partial charge in [0.2, 0.25) is 0 Å². The van der Waals surface area contributed by atoms with E-state index in [0.717, 1.165) is 38.8 Å². The van der Waals surface area contributed by atoms with Crippen LogP contribution in [0, 0.1) is 0 Å². The van der Waals surface area contributed by atoms with Gasteiger partial charge in [-0.15, -0.1) is 0 Å². The molecule has 0 amide bonds. The molecule has 0 bridgehead atoms. The van der Waals surface area contributed by atoms with E-state index >= 15 is 0 Å². The Morgan fingerprint density at radius 2 is 2.40 bits per heavy atom. The Morgan fingerprint density at radius 3 is 3.05 bits per heavy atom. The van der Waals surface area contributed by atoms with Crippen LogP contribution in [0.3, 0.4) is 0 Å². The van der Waals surface area contributed by atoms with Crippen LogP contribution in [0.25, 0.3) is 0 Å². The highest BCUT2D eigenvalue weighted by molar-refractivity contribution is 5.97. The van der Waals surface area contributed by atoms with Gasteiger partial charge in [0.05, 0.1) is 19.4 Å². The van der Waals surface area contributed by atoms with Gasteiger partial charge in [-0.2, -0.15) is 5.10 Å². The molecule has 1 saturated heterocycles. The fourth-order valence-electron chi connectivity index (χ4n) is 2.63. The van der Waals surface area contributed by atoms with Gasteiger partial charge in [-0.3, -0.25) is 9.48 Å². The van der Waals surface area contributed by atoms with E-state index in [-0.39, 0.29) is 11.9 Å². The van der Waals surface area contributed by atoms with E-state index in [9.17, 15) is 4.79 Å². The van der Waals surface area contributed by atoms with Gasteiger partial charge in [-0.25, -0.2) is 0 Å². The minimum atomic E-state index is 0.0990. The van der Waals surface area contributed by atoms with Crippen molar-refractivity contribution >= 4 is 5.78 Å². The van der Waals surface area contributed by atoms with E-state index in [1.54, 1.807) is 18.0 Å². The molecular weight excluding hydrogens is 256 g/mol. The second kappa shape index (κ2) is 7.43. The molecule has 0 aromatic carbocycles. The number of Topliss-reactive ketones (excluding diaryl/α,β-unsaturated/α-hetero) is 1. The Morgan fingerprint density at radius 1 is 1.55 bits per heavy atom. The average molecular weight is 280 g/mol. The molecule has 1 aromatic rings. The Kier molecular flexibility index (Phi) is 5.59. The molecule has 1 fully saturated rings. The molecule has 0 radical (unpaired) electrons. The molecule has 5 nitrogen and oxygen atoms in total. The number of ether oxygens (including phenoxy) is 2. The molecule has 112 valence electrons. The Hall–Kier alpha value is -1.36. The lowest BCUT2D eigenvalue weighted by molar-refractivity contribution is 0.0104. The summed E-state index contributed by atoms with van der Waals surface area (Å²) in [6.45, 7) is 3.64. The number of carbonyl (C=O) groups is 1. The summed E-state index contributed by atoms with van der Waals surface area (Å²) in [6.07, 6.45) is 7.50. The third-order valence-electron chi connectivity index (χ3n) is 3.69. The topological polar surface area (TPSA) is 53.4 Å². The van der Waals surface area contributed by atoms with Crippen LogP contribution in [0.4, 0.5) is 0 Å². The number of hydrogen-bond donors (Lipinski definition) is 0. The van der Waals surface area contributed by atoms with E-state index in [2.05, 4.69) is 12.0 Å². The van der Waals surface area contributed by atoms with Crippen LogP contribution in [-0.2, 0) is 11.3 Å². The largest absolute Gasteiger partial charge is 0.493 e. The molecule has 1 aromatic heterocycles. The Bertz CT molecular complexity index is 436. The number of aryl methyl sites for hydroxylation is 1. The van der Waals surface area contributed by atoms with Crippen LogP contribution in [0.2, 0.25) is 0 Å². The first-order valence-electron chi connectivity index (χ1n) is 7.50. The maximum Gasteiger partial charge on any atom is 0.184 e. The van der Waals surface area contributed by atoms with Crippen molar-refractivity contribution in [3.63, 3.8) is 0 Å². The van der Waals surface area contributed by atoms with E-state index in [0.29, 0.717) is 17.9 Å². The van der Waals surface area contributed by atoms with Crippen LogP contribution in [-0.4, -0.2) is 35.4 Å². The molecule has 5 heteroatoms. The van der Waals surface area contributed by atoms with Gasteiger partial charge in [-0.1, -0.05) is 6.92 Å². The number of hydrogen-bond acceptors (Lipinski definition) is 4. The fraction of sp³-hybridized carbons (Fsp3) is 0.733. The molecule has 0 saturated carbocycles. The van der Waals surface area contributed by atoms with Crippen molar-refractivity contribution < 1.29 is 14.3 Å². The number of aromatic nitrogens is 2. The Labute approximate surface area is 120 Å². The maximum absolute atomic E-state index is 12.4. The summed E-state index contributed by atoms with van der Waals surface area (Å²) in [5.74, 6) is 0.676. The van der Waals surface area contributed by atoms with Crippen LogP contribution < -0.4 is 4.74 Å². The van der Waals surface area contributed by atoms with Gasteiger partial charge < -0.3 is 9.47 Å². The lowest BCUT2D eigenvalue weighted by atomic mass is 10.0. The molecule has 1 aliphatic rings. The summed E-state index contributed by atoms with van der Waals surface area (Å²) < 4.78 is 12.7. The summed E-state index contributed by atoms with van der Waals surface area (Å²) in [6, 6.07) is 0. The van der Waals surface area contributed by atoms with E-state index < -0.39 is 0 Å². The van der Waals surface area contributed by atoms with Crippen LogP contribution in [0.15, 0.2) is 6.20 Å². The highest BCUT2D eigenvalue weighted by Gasteiger charge is 2.21. The first kappa shape index (κ1) is 15.0. The van der Waals surface area contributed by atoms with Crippen molar-refractivity contribution in [2.45, 2.75) is 58.1 Å². The molecule has 0 aliphatic carbocycles. The number of carbonyl (C=O) groups excluding carboxylic acids is 1. The minimum absolute atomic E-state index is 0.0990. The van der Waals surface area contributed by atoms with E-state index in [4.69, 9.17) is 9.47 Å². The molecule has 1 atom stereocenters. The lowest BCUT2D eigenvalue weighted by Crippen LogP contribution is -2.21. The maximum atomic E-state index is 12.4. The average Bonchev–Trinajstić information content (AvgIpc) is 2.89. The second-order valence-corrected chi connectivity index (χ2v) is 5.24. The van der Waals surface area contributed by atoms with Crippen molar-refractivity contribution in [3.8, 4) is 5.75 Å². The summed E-state index contributed by atoms with van der Waals surface area (Å²) in [5, 5.41) is 4.23. The molecular formula is C15H24N2O3. The molecule has 1 unspecified atom stereocenters. The molecule has 2 heterocycles. The zero-order valence-corrected chi connectivity index (χ0v) is 12.4. The predicted octanol–water partition coefficient (Wildman–Crippen LogP) is 2.83. The third kappa shape index (κ3) is 3.60. The Balaban J connectivity index is 1.98. The number of nitrogens with zero attached hydrogens (tertiary/aromatic N) is 2. The predicted molar refractivity (Wildman–Crippen MR) is 76.2 cm³/mol. The van der Waals surface area contributed by atoms with Gasteiger partial charge >= 0.3 is 0 Å². The zero-order valence-electron chi connectivity index (χ0n) is 12.4. The first-order valence-corrected chi connectivity index (χ1v) is 7.50. The SMILES string of the molecule is CCCn1ncc(OC)c1C(=O)CCC1CCCCO1. The summed E-state index contributed by atoms with van der Waals surface area (Å²) in [7, 11) is 1.58. The minimum Gasteiger partial charge on any atom is -0.493 e. The standard InChI is InChI=1S/C15H24N2O3/c1-3-9-17-15(14(19-2)11-16-17)13(18)8-7-12-6-4-5-10-20-12/h11-12H,3-10H2,1-2H3. The molecule has 0 spiro atoms. The number of methoxy groups -OCH3 is 1. The quantitative estimate of drug-likeness (QED) is 0.721. The van der Waals surface area contributed by atoms with Crippen molar-refractivity contribution in [1.82, 2.24) is 9.78 Å².